The van der Waals surface area contributed by atoms with Crippen LogP contribution in [0.25, 0.3) is 0 Å². The zero-order chi connectivity index (χ0) is 13.0. The number of aromatic nitrogens is 1. The Kier molecular flexibility index (Phi) is 4.48. The Morgan fingerprint density at radius 2 is 2.44 bits per heavy atom. The second-order valence-electron chi connectivity index (χ2n) is 5.40. The molecule has 0 saturated carbocycles. The molecular formula is C15H22N2O. The van der Waals surface area contributed by atoms with Gasteiger partial charge in [-0.15, -0.1) is 0 Å². The average molecular weight is 246 g/mol. The molecule has 3 heteroatoms. The third-order valence-corrected chi connectivity index (χ3v) is 3.99. The molecular weight excluding hydrogens is 224 g/mol. The van der Waals surface area contributed by atoms with E-state index < -0.39 is 0 Å². The lowest BCUT2D eigenvalue weighted by molar-refractivity contribution is 0.0942. The van der Waals surface area contributed by atoms with E-state index in [1.165, 1.54) is 12.8 Å². The lowest BCUT2D eigenvalue weighted by Crippen LogP contribution is -2.34. The molecule has 1 fully saturated rings. The molecule has 98 valence electrons. The van der Waals surface area contributed by atoms with Crippen molar-refractivity contribution in [3.05, 3.63) is 29.6 Å². The van der Waals surface area contributed by atoms with E-state index in [1.807, 2.05) is 13.0 Å². The van der Waals surface area contributed by atoms with E-state index in [2.05, 4.69) is 17.2 Å². The molecule has 0 spiro atoms. The van der Waals surface area contributed by atoms with Crippen molar-refractivity contribution >= 4 is 5.78 Å². The number of piperidine rings is 1. The molecule has 1 saturated heterocycles. The summed E-state index contributed by atoms with van der Waals surface area (Å²) in [5.41, 5.74) is 1.82. The third kappa shape index (κ3) is 3.16. The van der Waals surface area contributed by atoms with Crippen molar-refractivity contribution in [3.8, 4) is 0 Å². The van der Waals surface area contributed by atoms with Gasteiger partial charge in [-0.3, -0.25) is 9.78 Å². The highest BCUT2D eigenvalue weighted by Gasteiger charge is 2.23. The number of Topliss-reactive ketones (excluding diaryl/α,β-unsaturated/α-hetero) is 1. The number of hydrogen-bond acceptors (Lipinski definition) is 3. The second kappa shape index (κ2) is 6.10. The molecule has 0 bridgehead atoms. The highest BCUT2D eigenvalue weighted by Crippen LogP contribution is 2.24. The summed E-state index contributed by atoms with van der Waals surface area (Å²) in [4.78, 5) is 16.3. The van der Waals surface area contributed by atoms with Crippen LogP contribution in [0.3, 0.4) is 0 Å². The summed E-state index contributed by atoms with van der Waals surface area (Å²) in [5.74, 6) is 1.32. The molecule has 1 aromatic heterocycles. The summed E-state index contributed by atoms with van der Waals surface area (Å²) in [7, 11) is 0. The Hall–Kier alpha value is -1.22. The van der Waals surface area contributed by atoms with E-state index in [4.69, 9.17) is 0 Å². The number of nitrogens with zero attached hydrogens (tertiary/aromatic N) is 1. The summed E-state index contributed by atoms with van der Waals surface area (Å²) in [5, 5.41) is 3.42. The number of ketones is 1. The largest absolute Gasteiger partial charge is 0.316 e. The van der Waals surface area contributed by atoms with Crippen LogP contribution in [-0.4, -0.2) is 23.9 Å². The van der Waals surface area contributed by atoms with E-state index >= 15 is 0 Å². The SMILES string of the molecule is Cc1ccncc1C(=O)CC(C)C1CCCNC1. The Balaban J connectivity index is 1.96. The molecule has 0 aliphatic carbocycles. The van der Waals surface area contributed by atoms with Gasteiger partial charge in [-0.1, -0.05) is 6.92 Å². The van der Waals surface area contributed by atoms with Crippen LogP contribution in [0.4, 0.5) is 0 Å². The molecule has 1 aromatic rings. The number of rotatable bonds is 4. The highest BCUT2D eigenvalue weighted by molar-refractivity contribution is 5.97. The van der Waals surface area contributed by atoms with Gasteiger partial charge in [0, 0.05) is 24.4 Å². The topological polar surface area (TPSA) is 42.0 Å². The fraction of sp³-hybridized carbons (Fsp3) is 0.600. The molecule has 1 N–H and O–H groups in total. The number of carbonyl (C=O) groups excluding carboxylic acids is 1. The summed E-state index contributed by atoms with van der Waals surface area (Å²) < 4.78 is 0. The maximum Gasteiger partial charge on any atom is 0.164 e. The first-order valence-electron chi connectivity index (χ1n) is 6.83. The van der Waals surface area contributed by atoms with Crippen molar-refractivity contribution in [1.29, 1.82) is 0 Å². The van der Waals surface area contributed by atoms with Gasteiger partial charge in [-0.05, 0) is 56.3 Å². The zero-order valence-electron chi connectivity index (χ0n) is 11.3. The van der Waals surface area contributed by atoms with Crippen LogP contribution in [-0.2, 0) is 0 Å². The van der Waals surface area contributed by atoms with Crippen molar-refractivity contribution in [1.82, 2.24) is 10.3 Å². The second-order valence-corrected chi connectivity index (χ2v) is 5.40. The van der Waals surface area contributed by atoms with Crippen LogP contribution < -0.4 is 5.32 Å². The Morgan fingerprint density at radius 3 is 3.11 bits per heavy atom. The van der Waals surface area contributed by atoms with Crippen LogP contribution >= 0.6 is 0 Å². The lowest BCUT2D eigenvalue weighted by atomic mass is 9.83. The van der Waals surface area contributed by atoms with Crippen LogP contribution in [0.2, 0.25) is 0 Å². The molecule has 2 heterocycles. The average Bonchev–Trinajstić information content (AvgIpc) is 2.40. The summed E-state index contributed by atoms with van der Waals surface area (Å²) >= 11 is 0. The van der Waals surface area contributed by atoms with Gasteiger partial charge in [0.2, 0.25) is 0 Å². The minimum atomic E-state index is 0.235. The van der Waals surface area contributed by atoms with Crippen molar-refractivity contribution in [3.63, 3.8) is 0 Å². The Morgan fingerprint density at radius 1 is 1.61 bits per heavy atom. The summed E-state index contributed by atoms with van der Waals surface area (Å²) in [6.07, 6.45) is 6.55. The molecule has 2 atom stereocenters. The maximum absolute atomic E-state index is 12.3. The molecule has 3 nitrogen and oxygen atoms in total. The van der Waals surface area contributed by atoms with E-state index in [0.717, 1.165) is 24.2 Å². The predicted octanol–water partition coefficient (Wildman–Crippen LogP) is 2.60. The van der Waals surface area contributed by atoms with E-state index in [1.54, 1.807) is 12.4 Å². The maximum atomic E-state index is 12.3. The van der Waals surface area contributed by atoms with Crippen LogP contribution in [0.5, 0.6) is 0 Å². The fourth-order valence-electron chi connectivity index (χ4n) is 2.69. The minimum Gasteiger partial charge on any atom is -0.316 e. The van der Waals surface area contributed by atoms with Crippen molar-refractivity contribution < 1.29 is 4.79 Å². The smallest absolute Gasteiger partial charge is 0.164 e. The number of nitrogens with one attached hydrogen (secondary N) is 1. The van der Waals surface area contributed by atoms with E-state index in [-0.39, 0.29) is 5.78 Å². The Bertz CT molecular complexity index is 411. The monoisotopic (exact) mass is 246 g/mol. The van der Waals surface area contributed by atoms with Gasteiger partial charge in [0.1, 0.15) is 0 Å². The first-order chi connectivity index (χ1) is 8.68. The first kappa shape index (κ1) is 13.2. The van der Waals surface area contributed by atoms with Crippen LogP contribution in [0, 0.1) is 18.8 Å². The zero-order valence-corrected chi connectivity index (χ0v) is 11.3. The standard InChI is InChI=1S/C15H22N2O/c1-11-5-7-17-10-14(11)15(18)8-12(2)13-4-3-6-16-9-13/h5,7,10,12-13,16H,3-4,6,8-9H2,1-2H3. The quantitative estimate of drug-likeness (QED) is 0.830. The van der Waals surface area contributed by atoms with Gasteiger partial charge < -0.3 is 5.32 Å². The normalized spacial score (nSPS) is 21.6. The van der Waals surface area contributed by atoms with Gasteiger partial charge >= 0.3 is 0 Å². The first-order valence-corrected chi connectivity index (χ1v) is 6.83. The third-order valence-electron chi connectivity index (χ3n) is 3.99. The van der Waals surface area contributed by atoms with Gasteiger partial charge in [0.15, 0.2) is 5.78 Å². The summed E-state index contributed by atoms with van der Waals surface area (Å²) in [6.45, 7) is 6.35. The molecule has 0 aromatic carbocycles. The fourth-order valence-corrected chi connectivity index (χ4v) is 2.69. The molecule has 2 rings (SSSR count). The van der Waals surface area contributed by atoms with Gasteiger partial charge in [-0.2, -0.15) is 0 Å². The van der Waals surface area contributed by atoms with Crippen molar-refractivity contribution in [2.75, 3.05) is 13.1 Å². The number of aryl methyl sites for hydroxylation is 1. The molecule has 18 heavy (non-hydrogen) atoms. The number of pyridine rings is 1. The predicted molar refractivity (Wildman–Crippen MR) is 72.7 cm³/mol. The molecule has 1 aliphatic heterocycles. The number of hydrogen-bond donors (Lipinski definition) is 1. The van der Waals surface area contributed by atoms with E-state index in [9.17, 15) is 4.79 Å². The lowest BCUT2D eigenvalue weighted by Gasteiger charge is -2.28. The number of carbonyl (C=O) groups is 1. The molecule has 0 radical (unpaired) electrons. The van der Waals surface area contributed by atoms with Crippen LogP contribution in [0.15, 0.2) is 18.5 Å². The van der Waals surface area contributed by atoms with Gasteiger partial charge in [0.05, 0.1) is 0 Å². The van der Waals surface area contributed by atoms with Crippen molar-refractivity contribution in [2.24, 2.45) is 11.8 Å². The summed E-state index contributed by atoms with van der Waals surface area (Å²) in [6, 6.07) is 1.90. The van der Waals surface area contributed by atoms with Gasteiger partial charge in [0.25, 0.3) is 0 Å². The van der Waals surface area contributed by atoms with Crippen LogP contribution in [0.1, 0.15) is 42.1 Å². The van der Waals surface area contributed by atoms with Gasteiger partial charge in [-0.25, -0.2) is 0 Å². The Labute approximate surface area is 109 Å². The molecule has 0 amide bonds. The van der Waals surface area contributed by atoms with Crippen molar-refractivity contribution in [2.45, 2.75) is 33.1 Å². The molecule has 1 aliphatic rings. The highest BCUT2D eigenvalue weighted by atomic mass is 16.1. The minimum absolute atomic E-state index is 0.235. The molecule has 2 unspecified atom stereocenters. The van der Waals surface area contributed by atoms with E-state index in [0.29, 0.717) is 18.3 Å².